The van der Waals surface area contributed by atoms with Crippen LogP contribution in [-0.2, 0) is 0 Å². The topological polar surface area (TPSA) is 38.0 Å². The Morgan fingerprint density at radius 2 is 1.84 bits per heavy atom. The predicted molar refractivity (Wildman–Crippen MR) is 82.4 cm³/mol. The third-order valence-electron chi connectivity index (χ3n) is 2.70. The Labute approximate surface area is 132 Å². The summed E-state index contributed by atoms with van der Waals surface area (Å²) in [7, 11) is 0. The van der Waals surface area contributed by atoms with E-state index in [1.165, 1.54) is 18.2 Å². The van der Waals surface area contributed by atoms with Crippen LogP contribution in [0.4, 0.5) is 4.39 Å². The van der Waals surface area contributed by atoms with Crippen molar-refractivity contribution in [2.75, 3.05) is 0 Å². The molecule has 0 aliphatic carbocycles. The molecule has 2 rings (SSSR count). The molecule has 0 heterocycles. The zero-order valence-corrected chi connectivity index (χ0v) is 13.6. The minimum atomic E-state index is -0.407. The van der Waals surface area contributed by atoms with Crippen LogP contribution in [0.3, 0.4) is 0 Å². The van der Waals surface area contributed by atoms with Gasteiger partial charge in [0.2, 0.25) is 0 Å². The molecule has 0 aliphatic rings. The van der Waals surface area contributed by atoms with Gasteiger partial charge in [-0.3, -0.25) is 5.84 Å². The first-order valence-electron chi connectivity index (χ1n) is 5.39. The molecule has 0 aromatic heterocycles. The fourth-order valence-corrected chi connectivity index (χ4v) is 2.90. The number of halogens is 4. The molecule has 0 aliphatic heterocycles. The van der Waals surface area contributed by atoms with E-state index in [4.69, 9.17) is 17.4 Å². The van der Waals surface area contributed by atoms with Crippen molar-refractivity contribution >= 4 is 43.5 Å². The van der Waals surface area contributed by atoms with Crippen LogP contribution in [0.25, 0.3) is 0 Å². The van der Waals surface area contributed by atoms with Crippen LogP contribution in [0, 0.1) is 5.82 Å². The molecule has 0 amide bonds. The SMILES string of the molecule is NNC(c1cc(F)ccc1Cl)c1cc(Br)ccc1Br. The van der Waals surface area contributed by atoms with E-state index in [-0.39, 0.29) is 5.82 Å². The number of hydrazine groups is 1. The highest BCUT2D eigenvalue weighted by Gasteiger charge is 2.19. The first-order chi connectivity index (χ1) is 9.02. The maximum atomic E-state index is 13.4. The summed E-state index contributed by atoms with van der Waals surface area (Å²) in [5.41, 5.74) is 4.12. The molecule has 0 fully saturated rings. The molecule has 6 heteroatoms. The predicted octanol–water partition coefficient (Wildman–Crippen LogP) is 4.56. The number of benzene rings is 2. The van der Waals surface area contributed by atoms with E-state index in [1.54, 1.807) is 0 Å². The van der Waals surface area contributed by atoms with Gasteiger partial charge in [-0.15, -0.1) is 0 Å². The van der Waals surface area contributed by atoms with E-state index in [1.807, 2.05) is 18.2 Å². The standard InChI is InChI=1S/C13H10Br2ClFN2/c14-7-1-3-11(15)9(5-7)13(19-18)10-6-8(17)2-4-12(10)16/h1-6,13,19H,18H2. The lowest BCUT2D eigenvalue weighted by molar-refractivity contribution is 0.604. The number of nitrogens with two attached hydrogens (primary N) is 1. The lowest BCUT2D eigenvalue weighted by Gasteiger charge is -2.20. The lowest BCUT2D eigenvalue weighted by atomic mass is 9.99. The summed E-state index contributed by atoms with van der Waals surface area (Å²) in [5.74, 6) is 5.25. The Balaban J connectivity index is 2.55. The lowest BCUT2D eigenvalue weighted by Crippen LogP contribution is -2.29. The maximum absolute atomic E-state index is 13.4. The Hall–Kier alpha value is -0.460. The number of nitrogens with one attached hydrogen (secondary N) is 1. The van der Waals surface area contributed by atoms with Crippen LogP contribution < -0.4 is 11.3 Å². The molecule has 0 radical (unpaired) electrons. The van der Waals surface area contributed by atoms with E-state index in [0.29, 0.717) is 10.6 Å². The fraction of sp³-hybridized carbons (Fsp3) is 0.0769. The van der Waals surface area contributed by atoms with Crippen LogP contribution in [0.15, 0.2) is 45.3 Å². The Morgan fingerprint density at radius 1 is 1.11 bits per heavy atom. The van der Waals surface area contributed by atoms with Gasteiger partial charge in [0.25, 0.3) is 0 Å². The van der Waals surface area contributed by atoms with Crippen LogP contribution >= 0.6 is 43.5 Å². The third kappa shape index (κ3) is 3.35. The minimum Gasteiger partial charge on any atom is -0.271 e. The second-order valence-corrected chi connectivity index (χ2v) is 6.11. The van der Waals surface area contributed by atoms with Crippen molar-refractivity contribution in [3.05, 3.63) is 67.3 Å². The first kappa shape index (κ1) is 14.9. The summed E-state index contributed by atoms with van der Waals surface area (Å²) in [6.07, 6.45) is 0. The summed E-state index contributed by atoms with van der Waals surface area (Å²) < 4.78 is 15.2. The van der Waals surface area contributed by atoms with Gasteiger partial charge in [0.05, 0.1) is 6.04 Å². The largest absolute Gasteiger partial charge is 0.271 e. The zero-order chi connectivity index (χ0) is 14.0. The van der Waals surface area contributed by atoms with Crippen molar-refractivity contribution in [1.29, 1.82) is 0 Å². The van der Waals surface area contributed by atoms with E-state index in [0.717, 1.165) is 14.5 Å². The van der Waals surface area contributed by atoms with Gasteiger partial charge in [-0.1, -0.05) is 43.5 Å². The monoisotopic (exact) mass is 406 g/mol. The van der Waals surface area contributed by atoms with E-state index < -0.39 is 6.04 Å². The number of rotatable bonds is 3. The van der Waals surface area contributed by atoms with Gasteiger partial charge in [0.15, 0.2) is 0 Å². The van der Waals surface area contributed by atoms with Crippen LogP contribution in [0.1, 0.15) is 17.2 Å². The molecule has 1 atom stereocenters. The van der Waals surface area contributed by atoms with Crippen LogP contribution in [-0.4, -0.2) is 0 Å². The number of hydrogen-bond acceptors (Lipinski definition) is 2. The molecular formula is C13H10Br2ClFN2. The molecule has 0 saturated heterocycles. The molecule has 2 nitrogen and oxygen atoms in total. The summed E-state index contributed by atoms with van der Waals surface area (Å²) in [4.78, 5) is 0. The summed E-state index contributed by atoms with van der Waals surface area (Å²) >= 11 is 13.0. The van der Waals surface area contributed by atoms with Crippen molar-refractivity contribution in [2.45, 2.75) is 6.04 Å². The quantitative estimate of drug-likeness (QED) is 0.577. The van der Waals surface area contributed by atoms with Gasteiger partial charge in [-0.2, -0.15) is 0 Å². The van der Waals surface area contributed by atoms with Crippen molar-refractivity contribution in [3.63, 3.8) is 0 Å². The summed E-state index contributed by atoms with van der Waals surface area (Å²) in [5, 5.41) is 0.455. The zero-order valence-electron chi connectivity index (χ0n) is 9.63. The highest BCUT2D eigenvalue weighted by Crippen LogP contribution is 2.34. The molecule has 3 N–H and O–H groups in total. The van der Waals surface area contributed by atoms with Gasteiger partial charge >= 0.3 is 0 Å². The van der Waals surface area contributed by atoms with Crippen molar-refractivity contribution < 1.29 is 4.39 Å². The average Bonchev–Trinajstić information content (AvgIpc) is 2.38. The van der Waals surface area contributed by atoms with Gasteiger partial charge < -0.3 is 0 Å². The van der Waals surface area contributed by atoms with Crippen molar-refractivity contribution in [3.8, 4) is 0 Å². The Kier molecular flexibility index (Phi) is 4.97. The van der Waals surface area contributed by atoms with Crippen molar-refractivity contribution in [1.82, 2.24) is 5.43 Å². The second-order valence-electron chi connectivity index (χ2n) is 3.93. The minimum absolute atomic E-state index is 0.356. The van der Waals surface area contributed by atoms with E-state index >= 15 is 0 Å². The molecular weight excluding hydrogens is 398 g/mol. The molecule has 100 valence electrons. The van der Waals surface area contributed by atoms with Crippen LogP contribution in [0.2, 0.25) is 5.02 Å². The normalized spacial score (nSPS) is 12.5. The number of hydrogen-bond donors (Lipinski definition) is 2. The van der Waals surface area contributed by atoms with Gasteiger partial charge in [0.1, 0.15) is 5.82 Å². The van der Waals surface area contributed by atoms with E-state index in [9.17, 15) is 4.39 Å². The van der Waals surface area contributed by atoms with Gasteiger partial charge in [0, 0.05) is 14.0 Å². The first-order valence-corrected chi connectivity index (χ1v) is 7.35. The molecule has 2 aromatic carbocycles. The highest BCUT2D eigenvalue weighted by molar-refractivity contribution is 9.11. The maximum Gasteiger partial charge on any atom is 0.123 e. The molecule has 19 heavy (non-hydrogen) atoms. The van der Waals surface area contributed by atoms with Gasteiger partial charge in [-0.25, -0.2) is 9.82 Å². The molecule has 1 unspecified atom stereocenters. The van der Waals surface area contributed by atoms with Crippen molar-refractivity contribution in [2.24, 2.45) is 5.84 Å². The second kappa shape index (κ2) is 6.33. The van der Waals surface area contributed by atoms with E-state index in [2.05, 4.69) is 37.3 Å². The highest BCUT2D eigenvalue weighted by atomic mass is 79.9. The Morgan fingerprint density at radius 3 is 2.53 bits per heavy atom. The molecule has 0 saturated carbocycles. The smallest absolute Gasteiger partial charge is 0.123 e. The Bertz CT molecular complexity index is 556. The third-order valence-corrected chi connectivity index (χ3v) is 4.26. The molecule has 0 bridgehead atoms. The summed E-state index contributed by atoms with van der Waals surface area (Å²) in [6.45, 7) is 0. The van der Waals surface area contributed by atoms with Gasteiger partial charge in [-0.05, 0) is 47.5 Å². The fourth-order valence-electron chi connectivity index (χ4n) is 1.82. The average molecular weight is 408 g/mol. The van der Waals surface area contributed by atoms with Crippen LogP contribution in [0.5, 0.6) is 0 Å². The summed E-state index contributed by atoms with van der Waals surface area (Å²) in [6, 6.07) is 9.48. The molecule has 0 spiro atoms. The molecule has 2 aromatic rings.